The third-order valence-electron chi connectivity index (χ3n) is 3.68. The molecule has 0 amide bonds. The summed E-state index contributed by atoms with van der Waals surface area (Å²) in [5, 5.41) is 0. The van der Waals surface area contributed by atoms with Crippen molar-refractivity contribution in [3.63, 3.8) is 0 Å². The number of ether oxygens (including phenoxy) is 3. The molecule has 22 heavy (non-hydrogen) atoms. The zero-order valence-electron chi connectivity index (χ0n) is 12.8. The van der Waals surface area contributed by atoms with E-state index in [-0.39, 0.29) is 12.5 Å². The fraction of sp³-hybridized carbons (Fsp3) is 0.412. The predicted octanol–water partition coefficient (Wildman–Crippen LogP) is 2.40. The van der Waals surface area contributed by atoms with E-state index >= 15 is 0 Å². The molecular weight excluding hydrogens is 284 g/mol. The van der Waals surface area contributed by atoms with Crippen LogP contribution in [0.1, 0.15) is 24.8 Å². The van der Waals surface area contributed by atoms with Crippen LogP contribution >= 0.6 is 0 Å². The molecule has 1 saturated carbocycles. The summed E-state index contributed by atoms with van der Waals surface area (Å²) in [6, 6.07) is 9.91. The van der Waals surface area contributed by atoms with Crippen LogP contribution in [-0.4, -0.2) is 32.3 Å². The van der Waals surface area contributed by atoms with E-state index in [0.717, 1.165) is 11.1 Å². The molecule has 0 radical (unpaired) electrons. The first kappa shape index (κ1) is 16.2. The predicted molar refractivity (Wildman–Crippen MR) is 79.9 cm³/mol. The van der Waals surface area contributed by atoms with E-state index in [4.69, 9.17) is 9.47 Å². The van der Waals surface area contributed by atoms with Crippen LogP contribution < -0.4 is 0 Å². The maximum atomic E-state index is 11.8. The Morgan fingerprint density at radius 3 is 2.36 bits per heavy atom. The van der Waals surface area contributed by atoms with Crippen LogP contribution in [0, 0.1) is 0 Å². The van der Waals surface area contributed by atoms with Crippen LogP contribution in [-0.2, 0) is 30.4 Å². The SMILES string of the molecule is COC(=O)CC(C(=O)OC)=C1CC(OCc2ccccc2)C1. The Kier molecular flexibility index (Phi) is 5.72. The molecule has 1 aromatic carbocycles. The van der Waals surface area contributed by atoms with Gasteiger partial charge >= 0.3 is 11.9 Å². The molecule has 118 valence electrons. The van der Waals surface area contributed by atoms with E-state index in [9.17, 15) is 9.59 Å². The second kappa shape index (κ2) is 7.75. The van der Waals surface area contributed by atoms with E-state index in [1.165, 1.54) is 14.2 Å². The number of benzene rings is 1. The van der Waals surface area contributed by atoms with E-state index in [1.54, 1.807) is 0 Å². The van der Waals surface area contributed by atoms with E-state index in [2.05, 4.69) is 4.74 Å². The lowest BCUT2D eigenvalue weighted by molar-refractivity contribution is -0.143. The summed E-state index contributed by atoms with van der Waals surface area (Å²) in [6.07, 6.45) is 1.32. The van der Waals surface area contributed by atoms with Crippen LogP contribution in [0.4, 0.5) is 0 Å². The monoisotopic (exact) mass is 304 g/mol. The lowest BCUT2D eigenvalue weighted by Gasteiger charge is -2.31. The van der Waals surface area contributed by atoms with Crippen LogP contribution in [0.3, 0.4) is 0 Å². The molecule has 1 aliphatic rings. The van der Waals surface area contributed by atoms with Gasteiger partial charge in [0.2, 0.25) is 0 Å². The number of rotatable bonds is 6. The fourth-order valence-electron chi connectivity index (χ4n) is 2.32. The Labute approximate surface area is 129 Å². The molecule has 2 rings (SSSR count). The highest BCUT2D eigenvalue weighted by Crippen LogP contribution is 2.34. The molecule has 0 unspecified atom stereocenters. The van der Waals surface area contributed by atoms with Gasteiger partial charge < -0.3 is 14.2 Å². The van der Waals surface area contributed by atoms with Crippen molar-refractivity contribution in [2.75, 3.05) is 14.2 Å². The molecule has 5 heteroatoms. The standard InChI is InChI=1S/C17H20O5/c1-20-16(18)10-15(17(19)21-2)13-8-14(9-13)22-11-12-6-4-3-5-7-12/h3-7,14H,8-11H2,1-2H3. The highest BCUT2D eigenvalue weighted by atomic mass is 16.5. The molecule has 0 saturated heterocycles. The molecule has 0 N–H and O–H groups in total. The topological polar surface area (TPSA) is 61.8 Å². The summed E-state index contributed by atoms with van der Waals surface area (Å²) in [4.78, 5) is 23.1. The molecule has 0 heterocycles. The number of esters is 2. The normalized spacial score (nSPS) is 16.6. The quantitative estimate of drug-likeness (QED) is 0.596. The summed E-state index contributed by atoms with van der Waals surface area (Å²) >= 11 is 0. The third kappa shape index (κ3) is 4.18. The molecule has 0 aliphatic heterocycles. The zero-order valence-corrected chi connectivity index (χ0v) is 12.8. The van der Waals surface area contributed by atoms with Gasteiger partial charge in [0.1, 0.15) is 0 Å². The average molecular weight is 304 g/mol. The number of carbonyl (C=O) groups excluding carboxylic acids is 2. The molecule has 0 spiro atoms. The maximum absolute atomic E-state index is 11.8. The molecular formula is C17H20O5. The second-order valence-corrected chi connectivity index (χ2v) is 5.15. The second-order valence-electron chi connectivity index (χ2n) is 5.15. The first-order valence-corrected chi connectivity index (χ1v) is 7.15. The van der Waals surface area contributed by atoms with Crippen LogP contribution in [0.2, 0.25) is 0 Å². The van der Waals surface area contributed by atoms with E-state index in [1.807, 2.05) is 30.3 Å². The van der Waals surface area contributed by atoms with Gasteiger partial charge in [0, 0.05) is 5.57 Å². The minimum Gasteiger partial charge on any atom is -0.469 e. The third-order valence-corrected chi connectivity index (χ3v) is 3.68. The lowest BCUT2D eigenvalue weighted by Crippen LogP contribution is -2.28. The van der Waals surface area contributed by atoms with Gasteiger partial charge in [-0.05, 0) is 18.4 Å². The highest BCUT2D eigenvalue weighted by molar-refractivity contribution is 5.94. The number of methoxy groups -OCH3 is 2. The van der Waals surface area contributed by atoms with Gasteiger partial charge in [0.15, 0.2) is 0 Å². The first-order chi connectivity index (χ1) is 10.6. The number of carbonyl (C=O) groups is 2. The minimum atomic E-state index is -0.470. The Bertz CT molecular complexity index is 554. The Morgan fingerprint density at radius 1 is 1.09 bits per heavy atom. The van der Waals surface area contributed by atoms with Crippen molar-refractivity contribution in [3.05, 3.63) is 47.0 Å². The van der Waals surface area contributed by atoms with Crippen LogP contribution in [0.15, 0.2) is 41.5 Å². The Balaban J connectivity index is 1.90. The van der Waals surface area contributed by atoms with E-state index < -0.39 is 11.9 Å². The lowest BCUT2D eigenvalue weighted by atomic mass is 9.84. The van der Waals surface area contributed by atoms with Gasteiger partial charge in [0.05, 0.1) is 33.4 Å². The molecule has 0 bridgehead atoms. The highest BCUT2D eigenvalue weighted by Gasteiger charge is 2.30. The maximum Gasteiger partial charge on any atom is 0.334 e. The molecule has 5 nitrogen and oxygen atoms in total. The van der Waals surface area contributed by atoms with Crippen LogP contribution in [0.5, 0.6) is 0 Å². The van der Waals surface area contributed by atoms with Gasteiger partial charge in [-0.2, -0.15) is 0 Å². The summed E-state index contributed by atoms with van der Waals surface area (Å²) < 4.78 is 15.1. The van der Waals surface area contributed by atoms with Crippen LogP contribution in [0.25, 0.3) is 0 Å². The van der Waals surface area contributed by atoms with Crippen molar-refractivity contribution in [1.29, 1.82) is 0 Å². The molecule has 0 aromatic heterocycles. The van der Waals surface area contributed by atoms with Crippen molar-refractivity contribution in [1.82, 2.24) is 0 Å². The molecule has 1 aromatic rings. The Hall–Kier alpha value is -2.14. The average Bonchev–Trinajstić information content (AvgIpc) is 2.52. The van der Waals surface area contributed by atoms with Gasteiger partial charge in [-0.3, -0.25) is 4.79 Å². The fourth-order valence-corrected chi connectivity index (χ4v) is 2.32. The number of hydrogen-bond acceptors (Lipinski definition) is 5. The van der Waals surface area contributed by atoms with Crippen molar-refractivity contribution in [2.24, 2.45) is 0 Å². The Morgan fingerprint density at radius 2 is 1.77 bits per heavy atom. The van der Waals surface area contributed by atoms with Crippen molar-refractivity contribution in [2.45, 2.75) is 32.0 Å². The van der Waals surface area contributed by atoms with Gasteiger partial charge in [-0.25, -0.2) is 4.79 Å². The smallest absolute Gasteiger partial charge is 0.334 e. The zero-order chi connectivity index (χ0) is 15.9. The molecule has 0 atom stereocenters. The van der Waals surface area contributed by atoms with Gasteiger partial charge in [0.25, 0.3) is 0 Å². The van der Waals surface area contributed by atoms with Gasteiger partial charge in [-0.15, -0.1) is 0 Å². The van der Waals surface area contributed by atoms with Crippen molar-refractivity contribution >= 4 is 11.9 Å². The van der Waals surface area contributed by atoms with Gasteiger partial charge in [-0.1, -0.05) is 35.9 Å². The molecule has 1 fully saturated rings. The minimum absolute atomic E-state index is 0.0517. The summed E-state index contributed by atoms with van der Waals surface area (Å²) in [7, 11) is 2.61. The first-order valence-electron chi connectivity index (χ1n) is 7.15. The molecule has 1 aliphatic carbocycles. The van der Waals surface area contributed by atoms with Crippen molar-refractivity contribution < 1.29 is 23.8 Å². The summed E-state index contributed by atoms with van der Waals surface area (Å²) in [5.74, 6) is -0.913. The largest absolute Gasteiger partial charge is 0.469 e. The van der Waals surface area contributed by atoms with E-state index in [0.29, 0.717) is 25.0 Å². The summed E-state index contributed by atoms with van der Waals surface area (Å²) in [6.45, 7) is 0.545. The summed E-state index contributed by atoms with van der Waals surface area (Å²) in [5.41, 5.74) is 2.42. The van der Waals surface area contributed by atoms with Crippen molar-refractivity contribution in [3.8, 4) is 0 Å². The number of hydrogen-bond donors (Lipinski definition) is 0.